The Hall–Kier alpha value is -1.92. The first-order chi connectivity index (χ1) is 15.4. The Morgan fingerprint density at radius 1 is 0.531 bits per heavy atom. The molecule has 0 fully saturated rings. The zero-order valence-electron chi connectivity index (χ0n) is 19.7. The molecule has 7 nitrogen and oxygen atoms in total. The van der Waals surface area contributed by atoms with Crippen LogP contribution in [0.1, 0.15) is 128 Å². The minimum Gasteiger partial charge on any atom is -0.481 e. The highest BCUT2D eigenvalue weighted by atomic mass is 16.4. The van der Waals surface area contributed by atoms with E-state index in [4.69, 9.17) is 5.11 Å². The summed E-state index contributed by atoms with van der Waals surface area (Å²) < 4.78 is 0. The van der Waals surface area contributed by atoms with Crippen molar-refractivity contribution in [2.24, 2.45) is 5.41 Å². The van der Waals surface area contributed by atoms with Crippen molar-refractivity contribution in [1.29, 1.82) is 0 Å². The summed E-state index contributed by atoms with van der Waals surface area (Å²) in [5.41, 5.74) is -1.67. The molecule has 0 unspecified atom stereocenters. The number of hydrogen-bond donors (Lipinski definition) is 3. The van der Waals surface area contributed by atoms with Crippen LogP contribution >= 0.6 is 0 Å². The molecule has 0 aromatic carbocycles. The van der Waals surface area contributed by atoms with Crippen molar-refractivity contribution in [2.45, 2.75) is 128 Å². The fourth-order valence-electron chi connectivity index (χ4n) is 4.12. The number of rotatable bonds is 24. The zero-order valence-corrected chi connectivity index (χ0v) is 19.7. The van der Waals surface area contributed by atoms with Gasteiger partial charge in [-0.3, -0.25) is 14.4 Å². The van der Waals surface area contributed by atoms with Crippen LogP contribution < -0.4 is 0 Å². The maximum absolute atomic E-state index is 11.8. The normalized spacial score (nSPS) is 11.4. The molecule has 0 saturated carbocycles. The molecule has 0 bridgehead atoms. The Kier molecular flexibility index (Phi) is 18.6. The van der Waals surface area contributed by atoms with E-state index in [1.807, 2.05) is 0 Å². The molecule has 3 N–H and O–H groups in total. The van der Waals surface area contributed by atoms with E-state index in [1.54, 1.807) is 0 Å². The lowest BCUT2D eigenvalue weighted by Crippen LogP contribution is -2.39. The first kappa shape index (κ1) is 30.1. The van der Waals surface area contributed by atoms with Crippen LogP contribution in [-0.2, 0) is 19.2 Å². The van der Waals surface area contributed by atoms with E-state index in [1.165, 1.54) is 0 Å². The van der Waals surface area contributed by atoms with Crippen molar-refractivity contribution >= 4 is 24.2 Å². The van der Waals surface area contributed by atoms with Gasteiger partial charge < -0.3 is 20.1 Å². The SMILES string of the molecule is O=CCCCCCCCCCCC(CCCCCCCCCCC(=O)O)(C(=O)O)C(=O)O. The third kappa shape index (κ3) is 15.0. The van der Waals surface area contributed by atoms with Gasteiger partial charge in [0.1, 0.15) is 6.29 Å². The van der Waals surface area contributed by atoms with Crippen molar-refractivity contribution in [3.8, 4) is 0 Å². The minimum absolute atomic E-state index is 0.174. The predicted molar refractivity (Wildman–Crippen MR) is 124 cm³/mol. The summed E-state index contributed by atoms with van der Waals surface area (Å²) in [7, 11) is 0. The van der Waals surface area contributed by atoms with Gasteiger partial charge in [-0.1, -0.05) is 89.9 Å². The highest BCUT2D eigenvalue weighted by Gasteiger charge is 2.45. The Labute approximate surface area is 193 Å². The van der Waals surface area contributed by atoms with E-state index in [2.05, 4.69) is 0 Å². The predicted octanol–water partition coefficient (Wildman–Crippen LogP) is 6.23. The van der Waals surface area contributed by atoms with Crippen LogP contribution in [0.5, 0.6) is 0 Å². The van der Waals surface area contributed by atoms with E-state index in [0.717, 1.165) is 89.8 Å². The van der Waals surface area contributed by atoms with Crippen molar-refractivity contribution in [3.05, 3.63) is 0 Å². The van der Waals surface area contributed by atoms with Crippen molar-refractivity contribution < 1.29 is 34.5 Å². The Morgan fingerprint density at radius 3 is 1.22 bits per heavy atom. The van der Waals surface area contributed by atoms with Crippen LogP contribution in [0.15, 0.2) is 0 Å². The quantitative estimate of drug-likeness (QED) is 0.0892. The van der Waals surface area contributed by atoms with E-state index in [-0.39, 0.29) is 19.3 Å². The second kappa shape index (κ2) is 19.7. The summed E-state index contributed by atoms with van der Waals surface area (Å²) in [6.45, 7) is 0. The second-order valence-corrected chi connectivity index (χ2v) is 8.95. The number of aldehydes is 1. The van der Waals surface area contributed by atoms with E-state index >= 15 is 0 Å². The van der Waals surface area contributed by atoms with Crippen LogP contribution in [0.25, 0.3) is 0 Å². The highest BCUT2D eigenvalue weighted by molar-refractivity contribution is 5.98. The smallest absolute Gasteiger partial charge is 0.321 e. The molecule has 0 aliphatic rings. The van der Waals surface area contributed by atoms with Crippen LogP contribution in [-0.4, -0.2) is 39.5 Å². The average molecular weight is 457 g/mol. The molecule has 7 heteroatoms. The fourth-order valence-corrected chi connectivity index (χ4v) is 4.12. The van der Waals surface area contributed by atoms with Crippen LogP contribution in [0.4, 0.5) is 0 Å². The van der Waals surface area contributed by atoms with Crippen molar-refractivity contribution in [3.63, 3.8) is 0 Å². The molecule has 0 aliphatic carbocycles. The Balaban J connectivity index is 4.03. The maximum atomic E-state index is 11.8. The molecule has 32 heavy (non-hydrogen) atoms. The molecule has 0 aromatic rings. The molecule has 0 atom stereocenters. The molecule has 0 aromatic heterocycles. The summed E-state index contributed by atoms with van der Waals surface area (Å²) in [6, 6.07) is 0. The zero-order chi connectivity index (χ0) is 24.1. The van der Waals surface area contributed by atoms with Gasteiger partial charge in [0.15, 0.2) is 5.41 Å². The van der Waals surface area contributed by atoms with Gasteiger partial charge in [-0.2, -0.15) is 0 Å². The largest absolute Gasteiger partial charge is 0.481 e. The Morgan fingerprint density at radius 2 is 0.875 bits per heavy atom. The van der Waals surface area contributed by atoms with E-state index < -0.39 is 23.3 Å². The molecule has 0 aliphatic heterocycles. The topological polar surface area (TPSA) is 129 Å². The van der Waals surface area contributed by atoms with Crippen LogP contribution in [0.3, 0.4) is 0 Å². The monoisotopic (exact) mass is 456 g/mol. The molecular weight excluding hydrogens is 412 g/mol. The van der Waals surface area contributed by atoms with Crippen LogP contribution in [0.2, 0.25) is 0 Å². The highest BCUT2D eigenvalue weighted by Crippen LogP contribution is 2.33. The lowest BCUT2D eigenvalue weighted by atomic mass is 9.78. The summed E-state index contributed by atoms with van der Waals surface area (Å²) in [5.74, 6) is -3.20. The van der Waals surface area contributed by atoms with Gasteiger partial charge in [-0.25, -0.2) is 0 Å². The van der Waals surface area contributed by atoms with Crippen LogP contribution in [0, 0.1) is 5.41 Å². The Bertz CT molecular complexity index is 516. The van der Waals surface area contributed by atoms with E-state index in [9.17, 15) is 29.4 Å². The van der Waals surface area contributed by atoms with Gasteiger partial charge in [0.05, 0.1) is 0 Å². The molecule has 0 radical (unpaired) electrons. The van der Waals surface area contributed by atoms with Gasteiger partial charge in [0, 0.05) is 12.8 Å². The number of carboxylic acids is 3. The molecule has 186 valence electrons. The summed E-state index contributed by atoms with van der Waals surface area (Å²) >= 11 is 0. The molecule has 0 rings (SSSR count). The number of aliphatic carboxylic acids is 3. The number of carbonyl (C=O) groups excluding carboxylic acids is 1. The van der Waals surface area contributed by atoms with Gasteiger partial charge in [-0.05, 0) is 25.7 Å². The average Bonchev–Trinajstić information content (AvgIpc) is 2.74. The number of carbonyl (C=O) groups is 4. The van der Waals surface area contributed by atoms with Gasteiger partial charge in [-0.15, -0.1) is 0 Å². The minimum atomic E-state index is -1.67. The lowest BCUT2D eigenvalue weighted by Gasteiger charge is -2.25. The van der Waals surface area contributed by atoms with Gasteiger partial charge in [0.2, 0.25) is 0 Å². The number of unbranched alkanes of at least 4 members (excludes halogenated alkanes) is 15. The standard InChI is InChI=1S/C25H44O7/c26-21-17-13-9-5-1-3-7-11-15-19-25(23(29)30,24(31)32)20-16-12-8-4-2-6-10-14-18-22(27)28/h21H,1-20H2,(H,27,28)(H,29,30)(H,31,32). The first-order valence-corrected chi connectivity index (χ1v) is 12.5. The molecule has 0 amide bonds. The van der Waals surface area contributed by atoms with E-state index in [0.29, 0.717) is 25.7 Å². The van der Waals surface area contributed by atoms with Gasteiger partial charge in [0.25, 0.3) is 0 Å². The first-order valence-electron chi connectivity index (χ1n) is 12.5. The summed E-state index contributed by atoms with van der Waals surface area (Å²) in [5, 5.41) is 27.9. The van der Waals surface area contributed by atoms with Crippen molar-refractivity contribution in [1.82, 2.24) is 0 Å². The fraction of sp³-hybridized carbons (Fsp3) is 0.840. The third-order valence-corrected chi connectivity index (χ3v) is 6.24. The molecule has 0 saturated heterocycles. The maximum Gasteiger partial charge on any atom is 0.321 e. The third-order valence-electron chi connectivity index (χ3n) is 6.24. The van der Waals surface area contributed by atoms with Gasteiger partial charge >= 0.3 is 17.9 Å². The molecular formula is C25H44O7. The van der Waals surface area contributed by atoms with Crippen molar-refractivity contribution in [2.75, 3.05) is 0 Å². The number of carboxylic acid groups (broad SMARTS) is 3. The summed E-state index contributed by atoms with van der Waals surface area (Å²) in [6.07, 6.45) is 16.9. The molecule has 0 heterocycles. The second-order valence-electron chi connectivity index (χ2n) is 8.95. The summed E-state index contributed by atoms with van der Waals surface area (Å²) in [4.78, 5) is 44.4. The number of hydrogen-bond acceptors (Lipinski definition) is 4. The lowest BCUT2D eigenvalue weighted by molar-refractivity contribution is -0.166. The molecule has 0 spiro atoms.